The van der Waals surface area contributed by atoms with Crippen molar-refractivity contribution in [2.45, 2.75) is 324 Å². The second-order valence-electron chi connectivity index (χ2n) is 36.0. The van der Waals surface area contributed by atoms with E-state index in [1.165, 1.54) is 123 Å². The number of carbonyl (C=O) groups excluding carboxylic acids is 19. The number of amides is 19. The summed E-state index contributed by atoms with van der Waals surface area (Å²) in [6, 6.07) is -9.81. The number of hydrogen-bond donors (Lipinski definition) is 20. The summed E-state index contributed by atoms with van der Waals surface area (Å²) < 4.78 is 0. The second kappa shape index (κ2) is 43.9. The topological polar surface area (TPSA) is 618 Å². The molecule has 0 spiro atoms. The predicted molar refractivity (Wildman–Crippen MR) is 431 cm³/mol. The third-order valence-electron chi connectivity index (χ3n) is 18.8. The minimum Gasteiger partial charge on any atom is -0.394 e. The van der Waals surface area contributed by atoms with Crippen molar-refractivity contribution in [2.24, 2.45) is 40.9 Å². The lowest BCUT2D eigenvalue weighted by Gasteiger charge is -2.35. The van der Waals surface area contributed by atoms with Crippen LogP contribution in [0.2, 0.25) is 0 Å². The summed E-state index contributed by atoms with van der Waals surface area (Å²) in [7, 11) is 0. The van der Waals surface area contributed by atoms with Crippen molar-refractivity contribution in [3.8, 4) is 0 Å². The lowest BCUT2D eigenvalue weighted by atomic mass is 9.96. The molecule has 1 aliphatic rings. The van der Waals surface area contributed by atoms with E-state index in [0.717, 1.165) is 0 Å². The van der Waals surface area contributed by atoms with Crippen molar-refractivity contribution in [3.05, 3.63) is 0 Å². The summed E-state index contributed by atoms with van der Waals surface area (Å²) in [6.45, 7) is 35.3. The van der Waals surface area contributed by atoms with Gasteiger partial charge in [-0.3, -0.25) is 91.1 Å². The third-order valence-corrected chi connectivity index (χ3v) is 18.8. The van der Waals surface area contributed by atoms with E-state index in [2.05, 4.69) is 85.1 Å². The number of likely N-dealkylation sites (tertiary alicyclic amines) is 1. The van der Waals surface area contributed by atoms with Crippen LogP contribution in [0.1, 0.15) is 231 Å². The number of nitrogens with two attached hydrogens (primary N) is 3. The number of nitrogens with one attached hydrogen (secondary N) is 16. The van der Waals surface area contributed by atoms with Gasteiger partial charge in [-0.05, 0) is 186 Å². The van der Waals surface area contributed by atoms with E-state index in [1.807, 2.05) is 13.8 Å². The molecule has 664 valence electrons. The summed E-state index contributed by atoms with van der Waals surface area (Å²) in [5.74, 6) is -16.6. The summed E-state index contributed by atoms with van der Waals surface area (Å²) >= 11 is 0. The zero-order valence-corrected chi connectivity index (χ0v) is 73.0. The molecule has 117 heavy (non-hydrogen) atoms. The van der Waals surface area contributed by atoms with Crippen molar-refractivity contribution < 1.29 is 96.2 Å². The lowest BCUT2D eigenvalue weighted by molar-refractivity contribution is -0.145. The maximum absolute atomic E-state index is 14.5. The highest BCUT2D eigenvalue weighted by Gasteiger charge is 2.47. The Labute approximate surface area is 686 Å². The molecule has 0 aromatic rings. The SMILES string of the molecule is CC(C)C[C@H](CO)NC(=O)[C@@H](CCC(N)=O)NC(=O)C(C)(C)NC(=O)C(C)(C)NC(=O)[C@@H](CC(C)C)NC(=O)[C@@H]1CCCN1C(=O)C(C)(C)NC(=O)[C@H](CC(C)C)NC(=O)CNC(=O)C(C)(C)NC(=O)[C@@H](NC(=O)C(C)(C)NC(=O)[C@H](CCC(N)=O)NC(=O)C(C)(C)NC(=O)C(C)(C)NC(=O)[C@H](C)NC(=O)CNC(=O)C(C)(C)N)C(C)C. The average Bonchev–Trinajstić information content (AvgIpc) is 1.78. The molecule has 23 N–H and O–H groups in total. The highest BCUT2D eigenvalue weighted by molar-refractivity contribution is 6.03. The van der Waals surface area contributed by atoms with Gasteiger partial charge in [-0.1, -0.05) is 55.4 Å². The molecular weight excluding hydrogens is 1520 g/mol. The molecule has 1 fully saturated rings. The van der Waals surface area contributed by atoms with Crippen LogP contribution in [-0.2, 0) is 91.1 Å². The van der Waals surface area contributed by atoms with E-state index in [0.29, 0.717) is 12.8 Å². The summed E-state index contributed by atoms with van der Waals surface area (Å²) in [5.41, 5.74) is 2.78. The lowest BCUT2D eigenvalue weighted by Crippen LogP contribution is -2.66. The Morgan fingerprint density at radius 3 is 1.16 bits per heavy atom. The van der Waals surface area contributed by atoms with E-state index in [-0.39, 0.29) is 56.4 Å². The molecule has 19 amide bonds. The first-order chi connectivity index (χ1) is 53.2. The Balaban J connectivity index is 3.20. The van der Waals surface area contributed by atoms with Gasteiger partial charge in [-0.25, -0.2) is 0 Å². The van der Waals surface area contributed by atoms with Gasteiger partial charge in [0.15, 0.2) is 0 Å². The fourth-order valence-corrected chi connectivity index (χ4v) is 11.6. The molecule has 0 aromatic carbocycles. The van der Waals surface area contributed by atoms with Crippen LogP contribution in [0.3, 0.4) is 0 Å². The van der Waals surface area contributed by atoms with E-state index in [9.17, 15) is 96.2 Å². The van der Waals surface area contributed by atoms with Crippen LogP contribution in [0.5, 0.6) is 0 Å². The Morgan fingerprint density at radius 1 is 0.385 bits per heavy atom. The first-order valence-electron chi connectivity index (χ1n) is 39.4. The number of aliphatic hydroxyl groups excluding tert-OH is 1. The fraction of sp³-hybridized carbons (Fsp3) is 0.753. The zero-order chi connectivity index (χ0) is 91.0. The summed E-state index contributed by atoms with van der Waals surface area (Å²) in [6.07, 6.45) is -0.292. The summed E-state index contributed by atoms with van der Waals surface area (Å²) in [4.78, 5) is 258. The highest BCUT2D eigenvalue weighted by atomic mass is 16.3. The quantitative estimate of drug-likeness (QED) is 0.0276. The summed E-state index contributed by atoms with van der Waals surface area (Å²) in [5, 5.41) is 50.7. The van der Waals surface area contributed by atoms with E-state index < -0.39 is 243 Å². The molecule has 0 bridgehead atoms. The van der Waals surface area contributed by atoms with Gasteiger partial charge in [-0.15, -0.1) is 0 Å². The Hall–Kier alpha value is -10.2. The van der Waals surface area contributed by atoms with Gasteiger partial charge in [0.1, 0.15) is 81.1 Å². The molecule has 8 atom stereocenters. The van der Waals surface area contributed by atoms with E-state index in [4.69, 9.17) is 17.2 Å². The molecule has 1 saturated heterocycles. The molecule has 0 aromatic heterocycles. The molecule has 0 unspecified atom stereocenters. The van der Waals surface area contributed by atoms with Gasteiger partial charge in [0.25, 0.3) is 0 Å². The monoisotopic (exact) mass is 1660 g/mol. The minimum absolute atomic E-state index is 0.0373. The molecule has 0 aliphatic carbocycles. The Kier molecular flexibility index (Phi) is 39.3. The van der Waals surface area contributed by atoms with Crippen molar-refractivity contribution in [1.29, 1.82) is 0 Å². The molecule has 0 saturated carbocycles. The first-order valence-corrected chi connectivity index (χ1v) is 39.4. The van der Waals surface area contributed by atoms with Crippen LogP contribution < -0.4 is 102 Å². The van der Waals surface area contributed by atoms with Gasteiger partial charge < -0.3 is 112 Å². The van der Waals surface area contributed by atoms with Gasteiger partial charge in [0, 0.05) is 19.4 Å². The highest BCUT2D eigenvalue weighted by Crippen LogP contribution is 2.24. The van der Waals surface area contributed by atoms with Crippen LogP contribution in [0.15, 0.2) is 0 Å². The standard InChI is InChI=1S/C77H136N20O20/c1-39(2)33-44(38-98)84-56(104)45(28-30-50(78)99)87-64(112)73(16,17)96-68(116)76(22,23)92-59(107)48(35-41(5)6)86-60(108)49-27-26-32-97(49)69(117)77(24,25)93-58(106)47(34-40(3)4)85-53(102)37-82-63(111)71(12,13)94-61(109)54(42(7)8)89-66(114)72(14,15)91-57(105)46(29-31-51(79)100)88-65(113)74(18,19)95-67(115)75(20,21)90-55(103)43(9)83-52(101)36-81-62(110)70(10,11)80/h39-49,54,98H,26-38,80H2,1-25H3,(H2,78,99)(H2,79,100)(H,81,110)(H,82,111)(H,83,101)(H,84,104)(H,85,102)(H,86,108)(H,87,112)(H,88,113)(H,89,114)(H,90,103)(H,91,105)(H,92,107)(H,93,106)(H,94,109)(H,95,115)(H,96,116)/t43-,44+,45+,46-,47-,48+,49-,54-/m0/s1. The molecule has 40 heteroatoms. The average molecular weight is 1660 g/mol. The molecule has 0 radical (unpaired) electrons. The number of nitrogens with zero attached hydrogens (tertiary/aromatic N) is 1. The molecule has 1 heterocycles. The Morgan fingerprint density at radius 2 is 0.744 bits per heavy atom. The Bertz CT molecular complexity index is 3640. The zero-order valence-electron chi connectivity index (χ0n) is 73.0. The number of hydrogen-bond acceptors (Lipinski definition) is 21. The first kappa shape index (κ1) is 105. The minimum atomic E-state index is -1.88. The van der Waals surface area contributed by atoms with Crippen LogP contribution in [-0.4, -0.2) is 241 Å². The van der Waals surface area contributed by atoms with Crippen molar-refractivity contribution in [1.82, 2.24) is 90.0 Å². The molecule has 1 aliphatic heterocycles. The smallest absolute Gasteiger partial charge is 0.248 e. The van der Waals surface area contributed by atoms with Crippen LogP contribution in [0, 0.1) is 23.7 Å². The van der Waals surface area contributed by atoms with Crippen molar-refractivity contribution in [3.63, 3.8) is 0 Å². The van der Waals surface area contributed by atoms with Gasteiger partial charge >= 0.3 is 0 Å². The number of rotatable bonds is 47. The predicted octanol–water partition coefficient (Wildman–Crippen LogP) is -4.06. The maximum Gasteiger partial charge on any atom is 0.248 e. The van der Waals surface area contributed by atoms with Crippen molar-refractivity contribution >= 4 is 112 Å². The molecular formula is C77H136N20O20. The number of primary amides is 2. The van der Waals surface area contributed by atoms with Crippen molar-refractivity contribution in [2.75, 3.05) is 26.2 Å². The van der Waals surface area contributed by atoms with E-state index in [1.54, 1.807) is 41.5 Å². The molecule has 40 nitrogen and oxygen atoms in total. The van der Waals surface area contributed by atoms with Crippen LogP contribution in [0.25, 0.3) is 0 Å². The van der Waals surface area contributed by atoms with E-state index >= 15 is 0 Å². The number of aliphatic hydroxyl groups is 1. The van der Waals surface area contributed by atoms with Gasteiger partial charge in [0.05, 0.1) is 31.3 Å². The van der Waals surface area contributed by atoms with Gasteiger partial charge in [-0.2, -0.15) is 0 Å². The van der Waals surface area contributed by atoms with Gasteiger partial charge in [0.2, 0.25) is 112 Å². The fourth-order valence-electron chi connectivity index (χ4n) is 11.6. The second-order valence-corrected chi connectivity index (χ2v) is 36.0. The normalized spacial score (nSPS) is 15.4. The largest absolute Gasteiger partial charge is 0.394 e. The third kappa shape index (κ3) is 34.9. The maximum atomic E-state index is 14.5. The van der Waals surface area contributed by atoms with Crippen LogP contribution in [0.4, 0.5) is 0 Å². The number of carbonyl (C=O) groups is 19. The van der Waals surface area contributed by atoms with Crippen LogP contribution >= 0.6 is 0 Å². The molecule has 1 rings (SSSR count).